The van der Waals surface area contributed by atoms with Crippen molar-refractivity contribution in [2.45, 2.75) is 0 Å². The zero-order valence-corrected chi connectivity index (χ0v) is 11.9. The molecule has 0 aliphatic carbocycles. The molecule has 20 heavy (non-hydrogen) atoms. The van der Waals surface area contributed by atoms with E-state index < -0.39 is 0 Å². The number of hydrogen-bond donors (Lipinski definition) is 1. The van der Waals surface area contributed by atoms with E-state index in [1.54, 1.807) is 30.6 Å². The molecule has 2 N–H and O–H groups in total. The van der Waals surface area contributed by atoms with Crippen molar-refractivity contribution in [3.63, 3.8) is 0 Å². The van der Waals surface area contributed by atoms with Crippen molar-refractivity contribution in [1.29, 1.82) is 0 Å². The number of nitrogen functional groups attached to an aromatic ring is 1. The number of halogens is 2. The minimum atomic E-state index is -0.338. The average molecular weight is 333 g/mol. The highest BCUT2D eigenvalue weighted by Gasteiger charge is 2.08. The molecule has 0 bridgehead atoms. The zero-order chi connectivity index (χ0) is 14.1. The number of fused-ring (bicyclic) bond motifs is 1. The summed E-state index contributed by atoms with van der Waals surface area (Å²) in [6.07, 6.45) is 3.42. The molecule has 2 aromatic carbocycles. The van der Waals surface area contributed by atoms with Gasteiger partial charge < -0.3 is 10.5 Å². The van der Waals surface area contributed by atoms with E-state index in [1.807, 2.05) is 12.1 Å². The van der Waals surface area contributed by atoms with Crippen molar-refractivity contribution in [2.75, 3.05) is 5.73 Å². The molecule has 0 radical (unpaired) electrons. The molecule has 0 aliphatic rings. The fourth-order valence-electron chi connectivity index (χ4n) is 1.93. The minimum Gasteiger partial charge on any atom is -0.455 e. The first kappa shape index (κ1) is 12.9. The number of benzene rings is 2. The third-order valence-corrected chi connectivity index (χ3v) is 3.55. The number of aromatic nitrogens is 1. The van der Waals surface area contributed by atoms with Gasteiger partial charge in [-0.25, -0.2) is 4.39 Å². The predicted octanol–water partition coefficient (Wildman–Crippen LogP) is 4.51. The zero-order valence-electron chi connectivity index (χ0n) is 10.3. The van der Waals surface area contributed by atoms with Gasteiger partial charge in [0.25, 0.3) is 0 Å². The van der Waals surface area contributed by atoms with E-state index in [9.17, 15) is 4.39 Å². The van der Waals surface area contributed by atoms with Gasteiger partial charge in [0.15, 0.2) is 5.75 Å². The molecule has 0 saturated heterocycles. The highest BCUT2D eigenvalue weighted by Crippen LogP contribution is 2.34. The van der Waals surface area contributed by atoms with Gasteiger partial charge >= 0.3 is 0 Å². The summed E-state index contributed by atoms with van der Waals surface area (Å²) in [5, 5.41) is 1.82. The lowest BCUT2D eigenvalue weighted by molar-refractivity contribution is 0.483. The summed E-state index contributed by atoms with van der Waals surface area (Å²) in [5.74, 6) is 0.704. The Balaban J connectivity index is 2.02. The fraction of sp³-hybridized carbons (Fsp3) is 0. The molecule has 0 spiro atoms. The summed E-state index contributed by atoms with van der Waals surface area (Å²) >= 11 is 3.12. The van der Waals surface area contributed by atoms with Gasteiger partial charge in [-0.3, -0.25) is 4.98 Å². The van der Waals surface area contributed by atoms with E-state index in [-0.39, 0.29) is 5.82 Å². The normalized spacial score (nSPS) is 10.7. The second-order valence-electron chi connectivity index (χ2n) is 4.25. The van der Waals surface area contributed by atoms with Crippen molar-refractivity contribution >= 4 is 32.4 Å². The molecule has 3 rings (SSSR count). The standard InChI is InChI=1S/C15H10BrFN2O/c16-12-7-10(2-3-13(12)17)20-14-4-1-9-8-19-6-5-11(9)15(14)18/h1-8H,18H2. The summed E-state index contributed by atoms with van der Waals surface area (Å²) in [7, 11) is 0. The van der Waals surface area contributed by atoms with Crippen molar-refractivity contribution < 1.29 is 9.13 Å². The van der Waals surface area contributed by atoms with Crippen LogP contribution in [0.2, 0.25) is 0 Å². The molecule has 5 heteroatoms. The summed E-state index contributed by atoms with van der Waals surface area (Å²) in [4.78, 5) is 4.04. The molecular weight excluding hydrogens is 323 g/mol. The van der Waals surface area contributed by atoms with E-state index in [1.165, 1.54) is 6.07 Å². The topological polar surface area (TPSA) is 48.1 Å². The Labute approximate surface area is 123 Å². The van der Waals surface area contributed by atoms with Crippen LogP contribution >= 0.6 is 15.9 Å². The number of ether oxygens (including phenoxy) is 1. The number of anilines is 1. The first-order chi connectivity index (χ1) is 9.65. The highest BCUT2D eigenvalue weighted by atomic mass is 79.9. The van der Waals surface area contributed by atoms with Crippen LogP contribution in [0.3, 0.4) is 0 Å². The van der Waals surface area contributed by atoms with Gasteiger partial charge in [0.2, 0.25) is 0 Å². The second kappa shape index (κ2) is 5.09. The highest BCUT2D eigenvalue weighted by molar-refractivity contribution is 9.10. The Morgan fingerprint density at radius 3 is 2.80 bits per heavy atom. The fourth-order valence-corrected chi connectivity index (χ4v) is 2.29. The maximum atomic E-state index is 13.2. The monoisotopic (exact) mass is 332 g/mol. The number of nitrogens with two attached hydrogens (primary N) is 1. The Morgan fingerprint density at radius 2 is 2.00 bits per heavy atom. The maximum Gasteiger partial charge on any atom is 0.150 e. The van der Waals surface area contributed by atoms with Crippen LogP contribution in [0.15, 0.2) is 53.3 Å². The molecule has 0 atom stereocenters. The summed E-state index contributed by atoms with van der Waals surface area (Å²) in [6, 6.07) is 9.93. The van der Waals surface area contributed by atoms with Crippen molar-refractivity contribution in [1.82, 2.24) is 4.98 Å². The number of hydrogen-bond acceptors (Lipinski definition) is 3. The van der Waals surface area contributed by atoms with Crippen molar-refractivity contribution in [2.24, 2.45) is 0 Å². The smallest absolute Gasteiger partial charge is 0.150 e. The largest absolute Gasteiger partial charge is 0.455 e. The Kier molecular flexibility index (Phi) is 3.28. The molecule has 3 aromatic rings. The first-order valence-corrected chi connectivity index (χ1v) is 6.69. The van der Waals surface area contributed by atoms with Crippen LogP contribution in [0.5, 0.6) is 11.5 Å². The maximum absolute atomic E-state index is 13.2. The summed E-state index contributed by atoms with van der Waals surface area (Å²) < 4.78 is 19.2. The SMILES string of the molecule is Nc1c(Oc2ccc(F)c(Br)c2)ccc2cnccc12. The lowest BCUT2D eigenvalue weighted by Gasteiger charge is -2.11. The van der Waals surface area contributed by atoms with Crippen molar-refractivity contribution in [3.05, 3.63) is 59.1 Å². The van der Waals surface area contributed by atoms with Gasteiger partial charge in [-0.1, -0.05) is 0 Å². The van der Waals surface area contributed by atoms with Crippen LogP contribution in [0.25, 0.3) is 10.8 Å². The van der Waals surface area contributed by atoms with Crippen LogP contribution in [0.1, 0.15) is 0 Å². The van der Waals surface area contributed by atoms with E-state index in [0.29, 0.717) is 21.7 Å². The van der Waals surface area contributed by atoms with Gasteiger partial charge in [0.05, 0.1) is 10.2 Å². The van der Waals surface area contributed by atoms with Crippen molar-refractivity contribution in [3.8, 4) is 11.5 Å². The second-order valence-corrected chi connectivity index (χ2v) is 5.11. The molecule has 0 fully saturated rings. The van der Waals surface area contributed by atoms with Crippen LogP contribution in [-0.2, 0) is 0 Å². The van der Waals surface area contributed by atoms with E-state index in [2.05, 4.69) is 20.9 Å². The third-order valence-electron chi connectivity index (χ3n) is 2.94. The van der Waals surface area contributed by atoms with Crippen LogP contribution in [0, 0.1) is 5.82 Å². The van der Waals surface area contributed by atoms with Crippen LogP contribution in [0.4, 0.5) is 10.1 Å². The number of nitrogens with zero attached hydrogens (tertiary/aromatic N) is 1. The lowest BCUT2D eigenvalue weighted by atomic mass is 10.1. The molecule has 0 amide bonds. The molecule has 0 unspecified atom stereocenters. The molecule has 1 aromatic heterocycles. The van der Waals surface area contributed by atoms with Gasteiger partial charge in [0.1, 0.15) is 11.6 Å². The predicted molar refractivity (Wildman–Crippen MR) is 80.3 cm³/mol. The van der Waals surface area contributed by atoms with E-state index in [4.69, 9.17) is 10.5 Å². The van der Waals surface area contributed by atoms with Crippen LogP contribution < -0.4 is 10.5 Å². The van der Waals surface area contributed by atoms with E-state index in [0.717, 1.165) is 10.8 Å². The quantitative estimate of drug-likeness (QED) is 0.702. The Morgan fingerprint density at radius 1 is 1.15 bits per heavy atom. The molecule has 1 heterocycles. The lowest BCUT2D eigenvalue weighted by Crippen LogP contribution is -1.94. The average Bonchev–Trinajstić information content (AvgIpc) is 2.46. The van der Waals surface area contributed by atoms with Crippen LogP contribution in [-0.4, -0.2) is 4.98 Å². The molecular formula is C15H10BrFN2O. The summed E-state index contributed by atoms with van der Waals surface area (Å²) in [5.41, 5.74) is 6.63. The molecule has 0 saturated carbocycles. The first-order valence-electron chi connectivity index (χ1n) is 5.90. The molecule has 3 nitrogen and oxygen atoms in total. The van der Waals surface area contributed by atoms with Gasteiger partial charge in [-0.15, -0.1) is 0 Å². The Bertz CT molecular complexity index is 792. The van der Waals surface area contributed by atoms with Gasteiger partial charge in [-0.2, -0.15) is 0 Å². The number of rotatable bonds is 2. The molecule has 100 valence electrons. The third kappa shape index (κ3) is 2.32. The van der Waals surface area contributed by atoms with Gasteiger partial charge in [-0.05, 0) is 52.3 Å². The molecule has 0 aliphatic heterocycles. The minimum absolute atomic E-state index is 0.338. The van der Waals surface area contributed by atoms with Gasteiger partial charge in [0, 0.05) is 23.2 Å². The summed E-state index contributed by atoms with van der Waals surface area (Å²) in [6.45, 7) is 0. The van der Waals surface area contributed by atoms with E-state index >= 15 is 0 Å². The Hall–Kier alpha value is -2.14. The number of pyridine rings is 1.